The van der Waals surface area contributed by atoms with Crippen LogP contribution in [0.25, 0.3) is 0 Å². The second-order valence-electron chi connectivity index (χ2n) is 1.75. The van der Waals surface area contributed by atoms with E-state index in [1.54, 1.807) is 18.2 Å². The number of nitriles is 1. The van der Waals surface area contributed by atoms with Gasteiger partial charge in [-0.05, 0) is 0 Å². The molecule has 1 aromatic rings. The lowest BCUT2D eigenvalue weighted by Gasteiger charge is -1.81. The van der Waals surface area contributed by atoms with Gasteiger partial charge in [0.1, 0.15) is 6.29 Å². The predicted molar refractivity (Wildman–Crippen MR) is 43.1 cm³/mol. The topological polar surface area (TPSA) is 40.9 Å². The van der Waals surface area contributed by atoms with Gasteiger partial charge < -0.3 is 0 Å². The Kier molecular flexibility index (Phi) is 5.54. The van der Waals surface area contributed by atoms with Gasteiger partial charge in [0.05, 0.1) is 6.07 Å². The van der Waals surface area contributed by atoms with Gasteiger partial charge in [0, 0.05) is 12.5 Å². The van der Waals surface area contributed by atoms with Crippen LogP contribution in [0.1, 0.15) is 17.3 Å². The van der Waals surface area contributed by atoms with Crippen LogP contribution >= 0.6 is 0 Å². The molecular weight excluding hydrogens is 138 g/mol. The average molecular weight is 147 g/mol. The Labute approximate surface area is 66.1 Å². The number of carbonyl (C=O) groups is 1. The molecule has 0 spiro atoms. The standard InChI is InChI=1S/C7H6O.C2H3N/c8-6-7-4-2-1-3-5-7;1-2-3/h1-6H;1H3. The first-order chi connectivity index (χ1) is 5.35. The number of nitrogens with zero attached hydrogens (tertiary/aromatic N) is 1. The van der Waals surface area contributed by atoms with E-state index in [2.05, 4.69) is 0 Å². The van der Waals surface area contributed by atoms with Gasteiger partial charge in [0.2, 0.25) is 0 Å². The van der Waals surface area contributed by atoms with Crippen LogP contribution in [0, 0.1) is 11.3 Å². The van der Waals surface area contributed by atoms with Gasteiger partial charge in [0.25, 0.3) is 0 Å². The van der Waals surface area contributed by atoms with Crippen molar-refractivity contribution in [3.63, 3.8) is 0 Å². The fraction of sp³-hybridized carbons (Fsp3) is 0.111. The summed E-state index contributed by atoms with van der Waals surface area (Å²) in [5.74, 6) is 0. The maximum Gasteiger partial charge on any atom is 0.150 e. The van der Waals surface area contributed by atoms with E-state index in [1.807, 2.05) is 18.2 Å². The summed E-state index contributed by atoms with van der Waals surface area (Å²) in [5, 5.41) is 7.32. The average Bonchev–Trinajstić information content (AvgIpc) is 2.08. The molecule has 1 rings (SSSR count). The van der Waals surface area contributed by atoms with Crippen molar-refractivity contribution in [3.8, 4) is 6.07 Å². The number of hydrogen-bond donors (Lipinski definition) is 0. The third kappa shape index (κ3) is 4.86. The summed E-state index contributed by atoms with van der Waals surface area (Å²) in [6.45, 7) is 1.43. The van der Waals surface area contributed by atoms with Gasteiger partial charge >= 0.3 is 0 Å². The van der Waals surface area contributed by atoms with Crippen LogP contribution in [0.4, 0.5) is 0 Å². The lowest BCUT2D eigenvalue weighted by molar-refractivity contribution is 0.112. The van der Waals surface area contributed by atoms with Crippen LogP contribution < -0.4 is 0 Å². The zero-order chi connectivity index (χ0) is 8.53. The maximum absolute atomic E-state index is 10.0. The smallest absolute Gasteiger partial charge is 0.150 e. The van der Waals surface area contributed by atoms with E-state index in [4.69, 9.17) is 5.26 Å². The minimum Gasteiger partial charge on any atom is -0.298 e. The lowest BCUT2D eigenvalue weighted by atomic mass is 10.2. The summed E-state index contributed by atoms with van der Waals surface area (Å²) < 4.78 is 0. The van der Waals surface area contributed by atoms with Gasteiger partial charge in [-0.3, -0.25) is 4.79 Å². The van der Waals surface area contributed by atoms with Crippen LogP contribution in [0.5, 0.6) is 0 Å². The molecular formula is C9H9NO. The van der Waals surface area contributed by atoms with Gasteiger partial charge in [-0.15, -0.1) is 0 Å². The van der Waals surface area contributed by atoms with Crippen molar-refractivity contribution in [2.75, 3.05) is 0 Å². The van der Waals surface area contributed by atoms with Gasteiger partial charge in [0.15, 0.2) is 0 Å². The molecule has 1 aromatic carbocycles. The molecule has 0 saturated heterocycles. The monoisotopic (exact) mass is 147 g/mol. The molecule has 0 aliphatic carbocycles. The third-order valence-electron chi connectivity index (χ3n) is 0.936. The van der Waals surface area contributed by atoms with E-state index >= 15 is 0 Å². The fourth-order valence-corrected chi connectivity index (χ4v) is 0.532. The Morgan fingerprint density at radius 1 is 1.36 bits per heavy atom. The minimum atomic E-state index is 0.729. The number of rotatable bonds is 1. The molecule has 0 heterocycles. The van der Waals surface area contributed by atoms with Gasteiger partial charge in [-0.25, -0.2) is 0 Å². The predicted octanol–water partition coefficient (Wildman–Crippen LogP) is 2.03. The highest BCUT2D eigenvalue weighted by atomic mass is 16.1. The molecule has 11 heavy (non-hydrogen) atoms. The van der Waals surface area contributed by atoms with Crippen molar-refractivity contribution >= 4 is 6.29 Å². The molecule has 0 N–H and O–H groups in total. The van der Waals surface area contributed by atoms with Crippen molar-refractivity contribution < 1.29 is 4.79 Å². The summed E-state index contributed by atoms with van der Waals surface area (Å²) in [4.78, 5) is 10.0. The second kappa shape index (κ2) is 6.50. The molecule has 0 unspecified atom stereocenters. The summed E-state index contributed by atoms with van der Waals surface area (Å²) in [6.07, 6.45) is 0.833. The SMILES string of the molecule is CC#N.O=Cc1ccccc1. The Morgan fingerprint density at radius 2 is 1.82 bits per heavy atom. The highest BCUT2D eigenvalue weighted by molar-refractivity contribution is 5.74. The molecule has 0 bridgehead atoms. The summed E-state index contributed by atoms with van der Waals surface area (Å²) >= 11 is 0. The Morgan fingerprint density at radius 3 is 2.09 bits per heavy atom. The summed E-state index contributed by atoms with van der Waals surface area (Å²) in [6, 6.07) is 10.8. The number of aldehydes is 1. The number of benzene rings is 1. The highest BCUT2D eigenvalue weighted by Crippen LogP contribution is 1.91. The molecule has 0 radical (unpaired) electrons. The Balaban J connectivity index is 0.000000292. The van der Waals surface area contributed by atoms with Crippen LogP contribution in [-0.4, -0.2) is 6.29 Å². The quantitative estimate of drug-likeness (QED) is 0.570. The highest BCUT2D eigenvalue weighted by Gasteiger charge is 1.79. The zero-order valence-corrected chi connectivity index (χ0v) is 6.32. The molecule has 2 heteroatoms. The van der Waals surface area contributed by atoms with Crippen molar-refractivity contribution in [1.29, 1.82) is 5.26 Å². The molecule has 2 nitrogen and oxygen atoms in total. The van der Waals surface area contributed by atoms with Crippen molar-refractivity contribution in [3.05, 3.63) is 35.9 Å². The number of hydrogen-bond acceptors (Lipinski definition) is 2. The molecule has 56 valence electrons. The first-order valence-electron chi connectivity index (χ1n) is 3.16. The van der Waals surface area contributed by atoms with Crippen LogP contribution in [0.3, 0.4) is 0 Å². The second-order valence-corrected chi connectivity index (χ2v) is 1.75. The van der Waals surface area contributed by atoms with Crippen LogP contribution in [-0.2, 0) is 0 Å². The van der Waals surface area contributed by atoms with E-state index in [-0.39, 0.29) is 0 Å². The molecule has 0 aliphatic heterocycles. The van der Waals surface area contributed by atoms with Crippen molar-refractivity contribution in [2.45, 2.75) is 6.92 Å². The largest absolute Gasteiger partial charge is 0.298 e. The van der Waals surface area contributed by atoms with Crippen molar-refractivity contribution in [2.24, 2.45) is 0 Å². The summed E-state index contributed by atoms with van der Waals surface area (Å²) in [5.41, 5.74) is 0.729. The van der Waals surface area contributed by atoms with Crippen LogP contribution in [0.15, 0.2) is 30.3 Å². The molecule has 0 fully saturated rings. The third-order valence-corrected chi connectivity index (χ3v) is 0.936. The van der Waals surface area contributed by atoms with E-state index in [0.29, 0.717) is 0 Å². The van der Waals surface area contributed by atoms with E-state index in [0.717, 1.165) is 11.8 Å². The van der Waals surface area contributed by atoms with E-state index < -0.39 is 0 Å². The molecule has 0 aromatic heterocycles. The fourth-order valence-electron chi connectivity index (χ4n) is 0.532. The van der Waals surface area contributed by atoms with E-state index in [9.17, 15) is 4.79 Å². The molecule has 0 atom stereocenters. The molecule has 0 aliphatic rings. The van der Waals surface area contributed by atoms with Crippen molar-refractivity contribution in [1.82, 2.24) is 0 Å². The Hall–Kier alpha value is -1.62. The van der Waals surface area contributed by atoms with Gasteiger partial charge in [-0.2, -0.15) is 5.26 Å². The Bertz CT molecular complexity index is 235. The zero-order valence-electron chi connectivity index (χ0n) is 6.32. The lowest BCUT2D eigenvalue weighted by Crippen LogP contribution is -1.73. The minimum absolute atomic E-state index is 0.729. The van der Waals surface area contributed by atoms with Crippen LogP contribution in [0.2, 0.25) is 0 Å². The molecule has 0 amide bonds. The summed E-state index contributed by atoms with van der Waals surface area (Å²) in [7, 11) is 0. The maximum atomic E-state index is 10.0. The first kappa shape index (κ1) is 9.38. The first-order valence-corrected chi connectivity index (χ1v) is 3.16. The normalized spacial score (nSPS) is 6.91. The van der Waals surface area contributed by atoms with E-state index in [1.165, 1.54) is 6.92 Å². The number of carbonyl (C=O) groups excluding carboxylic acids is 1. The van der Waals surface area contributed by atoms with Gasteiger partial charge in [-0.1, -0.05) is 30.3 Å². The molecule has 0 saturated carbocycles.